The fraction of sp³-hybridized carbons (Fsp3) is 1.00. The Kier molecular flexibility index (Phi) is 2.08. The Morgan fingerprint density at radius 2 is 1.25 bits per heavy atom. The maximum atomic E-state index is 5.90. The second-order valence-corrected chi connectivity index (χ2v) is 7.55. The Hall–Kier alpha value is 0.415. The van der Waals surface area contributed by atoms with Crippen molar-refractivity contribution in [2.75, 3.05) is 12.5 Å². The monoisotopic (exact) mass is 130 g/mol. The zero-order valence-corrected chi connectivity index (χ0v) is 7.30. The standard InChI is InChI=1S/C6H15BS/c1-6(2,3)8(4,5)7/h1-5H3. The van der Waals surface area contributed by atoms with Crippen LogP contribution in [-0.2, 0) is 0 Å². The lowest BCUT2D eigenvalue weighted by Crippen LogP contribution is -2.22. The minimum atomic E-state index is -0.840. The van der Waals surface area contributed by atoms with Gasteiger partial charge in [-0.15, -0.1) is 0 Å². The average Bonchev–Trinajstić information content (AvgIpc) is 1.25. The van der Waals surface area contributed by atoms with E-state index in [1.165, 1.54) is 0 Å². The molecule has 0 unspecified atom stereocenters. The molecule has 0 heterocycles. The Morgan fingerprint density at radius 1 is 1.12 bits per heavy atom. The molecule has 0 saturated heterocycles. The third kappa shape index (κ3) is 2.12. The van der Waals surface area contributed by atoms with Gasteiger partial charge in [-0.25, -0.2) is 0 Å². The summed E-state index contributed by atoms with van der Waals surface area (Å²) in [5.74, 6) is 0. The van der Waals surface area contributed by atoms with E-state index in [0.717, 1.165) is 0 Å². The van der Waals surface area contributed by atoms with Gasteiger partial charge in [0.1, 0.15) is 7.12 Å². The van der Waals surface area contributed by atoms with Crippen LogP contribution in [0.3, 0.4) is 0 Å². The lowest BCUT2D eigenvalue weighted by atomic mass is 10.3. The van der Waals surface area contributed by atoms with Crippen molar-refractivity contribution in [1.29, 1.82) is 0 Å². The van der Waals surface area contributed by atoms with Crippen LogP contribution in [0.5, 0.6) is 0 Å². The van der Waals surface area contributed by atoms with Crippen molar-refractivity contribution >= 4 is 17.0 Å². The molecule has 0 atom stereocenters. The van der Waals surface area contributed by atoms with Crippen LogP contribution in [0.1, 0.15) is 20.8 Å². The molecule has 0 N–H and O–H groups in total. The molecular weight excluding hydrogens is 115 g/mol. The fourth-order valence-electron chi connectivity index (χ4n) is 0. The second kappa shape index (κ2) is 1.98. The molecule has 0 fully saturated rings. The molecule has 2 radical (unpaired) electrons. The summed E-state index contributed by atoms with van der Waals surface area (Å²) in [6.45, 7) is 6.55. The van der Waals surface area contributed by atoms with Crippen molar-refractivity contribution < 1.29 is 0 Å². The predicted octanol–water partition coefficient (Wildman–Crippen LogP) is 1.93. The first-order valence-corrected chi connectivity index (χ1v) is 5.27. The Balaban J connectivity index is 4.02. The maximum absolute atomic E-state index is 5.90. The lowest BCUT2D eigenvalue weighted by molar-refractivity contribution is 0.796. The van der Waals surface area contributed by atoms with E-state index >= 15 is 0 Å². The van der Waals surface area contributed by atoms with Gasteiger partial charge in [-0.1, -0.05) is 20.8 Å². The van der Waals surface area contributed by atoms with Crippen LogP contribution >= 0.6 is 9.88 Å². The Bertz CT molecular complexity index is 63.5. The summed E-state index contributed by atoms with van der Waals surface area (Å²) in [5, 5.41) is 0. The first kappa shape index (κ1) is 8.41. The minimum Gasteiger partial charge on any atom is -0.284 e. The van der Waals surface area contributed by atoms with Gasteiger partial charge in [-0.05, 0) is 17.3 Å². The molecule has 0 aromatic heterocycles. The maximum Gasteiger partial charge on any atom is 0.137 e. The van der Waals surface area contributed by atoms with Gasteiger partial charge in [0, 0.05) is 0 Å². The van der Waals surface area contributed by atoms with Crippen molar-refractivity contribution in [3.8, 4) is 0 Å². The molecule has 0 rings (SSSR count). The lowest BCUT2D eigenvalue weighted by Gasteiger charge is -2.41. The summed E-state index contributed by atoms with van der Waals surface area (Å²) >= 11 is 0. The molecule has 48 valence electrons. The van der Waals surface area contributed by atoms with Gasteiger partial charge in [0.25, 0.3) is 0 Å². The summed E-state index contributed by atoms with van der Waals surface area (Å²) in [4.78, 5) is 0. The van der Waals surface area contributed by atoms with Crippen LogP contribution in [0.2, 0.25) is 0 Å². The van der Waals surface area contributed by atoms with E-state index in [4.69, 9.17) is 7.12 Å². The summed E-state index contributed by atoms with van der Waals surface area (Å²) in [6, 6.07) is 0. The molecule has 2 heteroatoms. The van der Waals surface area contributed by atoms with Crippen molar-refractivity contribution in [1.82, 2.24) is 0 Å². The zero-order valence-electron chi connectivity index (χ0n) is 6.49. The molecule has 8 heavy (non-hydrogen) atoms. The van der Waals surface area contributed by atoms with Gasteiger partial charge in [0.2, 0.25) is 0 Å². The van der Waals surface area contributed by atoms with E-state index in [-0.39, 0.29) is 0 Å². The van der Waals surface area contributed by atoms with Gasteiger partial charge < -0.3 is 0 Å². The third-order valence-electron chi connectivity index (χ3n) is 1.58. The highest BCUT2D eigenvalue weighted by Crippen LogP contribution is 2.47. The molecule has 0 nitrogen and oxygen atoms in total. The van der Waals surface area contributed by atoms with Crippen LogP contribution in [0.25, 0.3) is 0 Å². The van der Waals surface area contributed by atoms with E-state index in [2.05, 4.69) is 33.3 Å². The smallest absolute Gasteiger partial charge is 0.137 e. The summed E-state index contributed by atoms with van der Waals surface area (Å²) in [7, 11) is 5.06. The van der Waals surface area contributed by atoms with E-state index in [9.17, 15) is 0 Å². The van der Waals surface area contributed by atoms with Crippen LogP contribution < -0.4 is 0 Å². The topological polar surface area (TPSA) is 0 Å². The van der Waals surface area contributed by atoms with Crippen LogP contribution in [-0.4, -0.2) is 24.4 Å². The summed E-state index contributed by atoms with van der Waals surface area (Å²) < 4.78 is 0.299. The minimum absolute atomic E-state index is 0.299. The summed E-state index contributed by atoms with van der Waals surface area (Å²) in [6.07, 6.45) is 4.26. The second-order valence-electron chi connectivity index (χ2n) is 3.52. The summed E-state index contributed by atoms with van der Waals surface area (Å²) in [5.41, 5.74) is 0. The average molecular weight is 130 g/mol. The highest BCUT2D eigenvalue weighted by Gasteiger charge is 2.21. The molecular formula is C6H15BS. The Morgan fingerprint density at radius 3 is 1.25 bits per heavy atom. The highest BCUT2D eigenvalue weighted by molar-refractivity contribution is 8.50. The predicted molar refractivity (Wildman–Crippen MR) is 44.9 cm³/mol. The molecule has 0 amide bonds. The molecule has 0 aliphatic rings. The van der Waals surface area contributed by atoms with E-state index < -0.39 is 9.88 Å². The molecule has 0 bridgehead atoms. The van der Waals surface area contributed by atoms with Gasteiger partial charge in [-0.2, -0.15) is 0 Å². The van der Waals surface area contributed by atoms with Crippen molar-refractivity contribution in [2.45, 2.75) is 25.5 Å². The quantitative estimate of drug-likeness (QED) is 0.439. The van der Waals surface area contributed by atoms with Crippen LogP contribution in [0.15, 0.2) is 0 Å². The van der Waals surface area contributed by atoms with E-state index in [1.807, 2.05) is 0 Å². The molecule has 0 aliphatic carbocycles. The molecule has 0 spiro atoms. The first-order chi connectivity index (χ1) is 3.25. The SMILES string of the molecule is [B]S(C)(C)C(C)(C)C. The number of hydrogen-bond acceptors (Lipinski definition) is 0. The van der Waals surface area contributed by atoms with Gasteiger partial charge in [0.15, 0.2) is 0 Å². The zero-order chi connectivity index (χ0) is 7.00. The van der Waals surface area contributed by atoms with Gasteiger partial charge in [-0.3, -0.25) is 9.88 Å². The van der Waals surface area contributed by atoms with E-state index in [0.29, 0.717) is 4.75 Å². The Labute approximate surface area is 55.7 Å². The van der Waals surface area contributed by atoms with Crippen LogP contribution in [0, 0.1) is 0 Å². The molecule has 0 saturated carbocycles. The number of rotatable bonds is 0. The van der Waals surface area contributed by atoms with Gasteiger partial charge in [0.05, 0.1) is 0 Å². The van der Waals surface area contributed by atoms with Crippen LogP contribution in [0.4, 0.5) is 0 Å². The van der Waals surface area contributed by atoms with Gasteiger partial charge >= 0.3 is 0 Å². The van der Waals surface area contributed by atoms with Crippen molar-refractivity contribution in [3.05, 3.63) is 0 Å². The number of hydrogen-bond donors (Lipinski definition) is 0. The van der Waals surface area contributed by atoms with Crippen molar-refractivity contribution in [3.63, 3.8) is 0 Å². The molecule has 0 aliphatic heterocycles. The molecule has 0 aromatic carbocycles. The van der Waals surface area contributed by atoms with Crippen molar-refractivity contribution in [2.24, 2.45) is 0 Å². The normalized spacial score (nSPS) is 16.1. The van der Waals surface area contributed by atoms with E-state index in [1.54, 1.807) is 0 Å². The largest absolute Gasteiger partial charge is 0.284 e. The molecule has 0 aromatic rings. The highest BCUT2D eigenvalue weighted by atomic mass is 32.3. The fourth-order valence-corrected chi connectivity index (χ4v) is 0. The third-order valence-corrected chi connectivity index (χ3v) is 4.73. The first-order valence-electron chi connectivity index (χ1n) is 2.76.